The average molecular weight is 239 g/mol. The number of amides is 1. The van der Waals surface area contributed by atoms with Gasteiger partial charge >= 0.3 is 12.1 Å². The first kappa shape index (κ1) is 12.8. The van der Waals surface area contributed by atoms with E-state index in [0.717, 1.165) is 0 Å². The minimum absolute atomic E-state index is 0.0295. The molecule has 1 rings (SSSR count). The molecule has 0 aliphatic rings. The minimum Gasteiger partial charge on any atom is -0.496 e. The van der Waals surface area contributed by atoms with Gasteiger partial charge in [0, 0.05) is 11.8 Å². The van der Waals surface area contributed by atoms with Crippen LogP contribution in [-0.4, -0.2) is 30.9 Å². The number of hydrogen-bond donors (Lipinski definition) is 2. The molecule has 1 aromatic rings. The van der Waals surface area contributed by atoms with Gasteiger partial charge < -0.3 is 14.6 Å². The highest BCUT2D eigenvalue weighted by Crippen LogP contribution is 2.23. The van der Waals surface area contributed by atoms with E-state index >= 15 is 0 Å². The molecule has 0 aliphatic carbocycles. The third-order valence-electron chi connectivity index (χ3n) is 1.95. The van der Waals surface area contributed by atoms with Gasteiger partial charge in [-0.3, -0.25) is 5.32 Å². The number of anilines is 1. The van der Waals surface area contributed by atoms with E-state index in [4.69, 9.17) is 9.84 Å². The number of nitrogens with one attached hydrogen (secondary N) is 1. The maximum absolute atomic E-state index is 11.1. The van der Waals surface area contributed by atoms with Gasteiger partial charge in [0.15, 0.2) is 0 Å². The van der Waals surface area contributed by atoms with Gasteiger partial charge in [-0.05, 0) is 19.1 Å². The van der Waals surface area contributed by atoms with Crippen LogP contribution >= 0.6 is 0 Å². The highest BCUT2D eigenvalue weighted by molar-refractivity contribution is 5.93. The molecule has 17 heavy (non-hydrogen) atoms. The quantitative estimate of drug-likeness (QED) is 0.838. The summed E-state index contributed by atoms with van der Waals surface area (Å²) >= 11 is 0. The summed E-state index contributed by atoms with van der Waals surface area (Å²) in [4.78, 5) is 22.0. The fourth-order valence-corrected chi connectivity index (χ4v) is 1.23. The standard InChI is InChI=1S/C11H13NO5/c1-3-17-11(15)12-7-4-5-8(10(13)14)9(6-7)16-2/h4-6H,3H2,1-2H3,(H,12,15)(H,13,14). The molecule has 0 spiro atoms. The number of carboxylic acids is 1. The van der Waals surface area contributed by atoms with Crippen LogP contribution in [0.15, 0.2) is 18.2 Å². The molecule has 0 aliphatic heterocycles. The molecule has 0 heterocycles. The van der Waals surface area contributed by atoms with Crippen molar-refractivity contribution >= 4 is 17.7 Å². The van der Waals surface area contributed by atoms with Crippen LogP contribution < -0.4 is 10.1 Å². The Labute approximate surface area is 98.2 Å². The summed E-state index contributed by atoms with van der Waals surface area (Å²) in [6, 6.07) is 4.23. The van der Waals surface area contributed by atoms with Gasteiger partial charge in [-0.15, -0.1) is 0 Å². The van der Waals surface area contributed by atoms with E-state index < -0.39 is 12.1 Å². The zero-order chi connectivity index (χ0) is 12.8. The highest BCUT2D eigenvalue weighted by Gasteiger charge is 2.12. The van der Waals surface area contributed by atoms with Crippen LogP contribution in [0.4, 0.5) is 10.5 Å². The summed E-state index contributed by atoms with van der Waals surface area (Å²) in [5.74, 6) is -0.920. The molecule has 1 amide bonds. The molecule has 0 atom stereocenters. The first-order valence-electron chi connectivity index (χ1n) is 4.93. The van der Waals surface area contributed by atoms with Crippen molar-refractivity contribution in [2.75, 3.05) is 19.0 Å². The van der Waals surface area contributed by atoms with Gasteiger partial charge in [-0.1, -0.05) is 0 Å². The molecule has 1 aromatic carbocycles. The largest absolute Gasteiger partial charge is 0.496 e. The predicted octanol–water partition coefficient (Wildman–Crippen LogP) is 1.96. The van der Waals surface area contributed by atoms with Crippen LogP contribution in [0, 0.1) is 0 Å². The smallest absolute Gasteiger partial charge is 0.411 e. The number of carbonyl (C=O) groups excluding carboxylic acids is 1. The number of methoxy groups -OCH3 is 1. The van der Waals surface area contributed by atoms with Gasteiger partial charge in [0.1, 0.15) is 11.3 Å². The Morgan fingerprint density at radius 1 is 1.41 bits per heavy atom. The number of aromatic carboxylic acids is 1. The fourth-order valence-electron chi connectivity index (χ4n) is 1.23. The zero-order valence-electron chi connectivity index (χ0n) is 9.52. The van der Waals surface area contributed by atoms with Gasteiger partial charge in [0.2, 0.25) is 0 Å². The zero-order valence-corrected chi connectivity index (χ0v) is 9.52. The van der Waals surface area contributed by atoms with Crippen molar-refractivity contribution in [3.8, 4) is 5.75 Å². The minimum atomic E-state index is -1.09. The third-order valence-corrected chi connectivity index (χ3v) is 1.95. The number of carbonyl (C=O) groups is 2. The number of hydrogen-bond acceptors (Lipinski definition) is 4. The molecule has 0 fully saturated rings. The van der Waals surface area contributed by atoms with Crippen LogP contribution in [0.5, 0.6) is 5.75 Å². The SMILES string of the molecule is CCOC(=O)Nc1ccc(C(=O)O)c(OC)c1. The molecule has 0 aromatic heterocycles. The highest BCUT2D eigenvalue weighted by atomic mass is 16.5. The molecule has 0 saturated carbocycles. The monoisotopic (exact) mass is 239 g/mol. The van der Waals surface area contributed by atoms with E-state index in [-0.39, 0.29) is 17.9 Å². The normalized spacial score (nSPS) is 9.53. The maximum Gasteiger partial charge on any atom is 0.411 e. The van der Waals surface area contributed by atoms with Crippen molar-refractivity contribution in [3.05, 3.63) is 23.8 Å². The van der Waals surface area contributed by atoms with Crippen molar-refractivity contribution in [1.82, 2.24) is 0 Å². The number of ether oxygens (including phenoxy) is 2. The van der Waals surface area contributed by atoms with Gasteiger partial charge in [-0.25, -0.2) is 9.59 Å². The van der Waals surface area contributed by atoms with Crippen molar-refractivity contribution in [1.29, 1.82) is 0 Å². The van der Waals surface area contributed by atoms with Crippen LogP contribution in [0.25, 0.3) is 0 Å². The maximum atomic E-state index is 11.1. The van der Waals surface area contributed by atoms with Crippen molar-refractivity contribution < 1.29 is 24.2 Å². The second-order valence-electron chi connectivity index (χ2n) is 3.07. The summed E-state index contributed by atoms with van der Waals surface area (Å²) in [6.07, 6.45) is -0.599. The Hall–Kier alpha value is -2.24. The van der Waals surface area contributed by atoms with E-state index in [1.807, 2.05) is 0 Å². The Kier molecular flexibility index (Phi) is 4.33. The molecule has 0 unspecified atom stereocenters. The summed E-state index contributed by atoms with van der Waals surface area (Å²) in [7, 11) is 1.36. The van der Waals surface area contributed by atoms with Crippen LogP contribution in [0.3, 0.4) is 0 Å². The Morgan fingerprint density at radius 2 is 2.12 bits per heavy atom. The Bertz CT molecular complexity index is 430. The van der Waals surface area contributed by atoms with Crippen LogP contribution in [0.1, 0.15) is 17.3 Å². The molecule has 6 nitrogen and oxygen atoms in total. The predicted molar refractivity (Wildman–Crippen MR) is 60.6 cm³/mol. The summed E-state index contributed by atoms with van der Waals surface area (Å²) < 4.78 is 9.61. The van der Waals surface area contributed by atoms with E-state index in [1.165, 1.54) is 25.3 Å². The molecule has 2 N–H and O–H groups in total. The average Bonchev–Trinajstić information content (AvgIpc) is 2.28. The second-order valence-corrected chi connectivity index (χ2v) is 3.07. The van der Waals surface area contributed by atoms with Crippen molar-refractivity contribution in [2.24, 2.45) is 0 Å². The summed E-state index contributed by atoms with van der Waals surface area (Å²) in [5.41, 5.74) is 0.437. The number of benzene rings is 1. The van der Waals surface area contributed by atoms with E-state index in [0.29, 0.717) is 5.69 Å². The second kappa shape index (κ2) is 5.74. The van der Waals surface area contributed by atoms with Crippen molar-refractivity contribution in [3.63, 3.8) is 0 Å². The molecule has 92 valence electrons. The molecular weight excluding hydrogens is 226 g/mol. The fraction of sp³-hybridized carbons (Fsp3) is 0.273. The molecule has 0 bridgehead atoms. The molecule has 0 radical (unpaired) electrons. The van der Waals surface area contributed by atoms with Gasteiger partial charge in [0.05, 0.1) is 13.7 Å². The van der Waals surface area contributed by atoms with Crippen molar-refractivity contribution in [2.45, 2.75) is 6.92 Å². The lowest BCUT2D eigenvalue weighted by molar-refractivity contribution is 0.0693. The van der Waals surface area contributed by atoms with Crippen LogP contribution in [0.2, 0.25) is 0 Å². The number of carboxylic acid groups (broad SMARTS) is 1. The molecule has 0 saturated heterocycles. The first-order chi connectivity index (χ1) is 8.08. The van der Waals surface area contributed by atoms with Crippen LogP contribution in [-0.2, 0) is 4.74 Å². The topological polar surface area (TPSA) is 84.9 Å². The Morgan fingerprint density at radius 3 is 2.65 bits per heavy atom. The lowest BCUT2D eigenvalue weighted by atomic mass is 10.2. The Balaban J connectivity index is 2.90. The molecule has 6 heteroatoms. The summed E-state index contributed by atoms with van der Waals surface area (Å²) in [6.45, 7) is 1.95. The number of rotatable bonds is 4. The van der Waals surface area contributed by atoms with E-state index in [9.17, 15) is 9.59 Å². The van der Waals surface area contributed by atoms with Gasteiger partial charge in [0.25, 0.3) is 0 Å². The van der Waals surface area contributed by atoms with E-state index in [1.54, 1.807) is 6.92 Å². The van der Waals surface area contributed by atoms with Gasteiger partial charge in [-0.2, -0.15) is 0 Å². The lowest BCUT2D eigenvalue weighted by Gasteiger charge is -2.09. The van der Waals surface area contributed by atoms with E-state index in [2.05, 4.69) is 10.1 Å². The summed E-state index contributed by atoms with van der Waals surface area (Å²) in [5, 5.41) is 11.3. The first-order valence-corrected chi connectivity index (χ1v) is 4.93. The third kappa shape index (κ3) is 3.37. The molecular formula is C11H13NO5. The lowest BCUT2D eigenvalue weighted by Crippen LogP contribution is -2.13.